The Balaban J connectivity index is 1.76. The standard InChI is InChI=1S/C15H14N2OS/c1-11-17-15(10-19-11)13-3-2-4-14(7-13)16-8-12-5-6-18-9-12/h2-7,9-10,16H,8H2,1H3. The van der Waals surface area contributed by atoms with E-state index < -0.39 is 0 Å². The number of thiazole rings is 1. The number of rotatable bonds is 4. The highest BCUT2D eigenvalue weighted by molar-refractivity contribution is 7.09. The first-order valence-corrected chi connectivity index (χ1v) is 6.97. The number of hydrogen-bond acceptors (Lipinski definition) is 4. The van der Waals surface area contributed by atoms with Crippen molar-refractivity contribution in [1.82, 2.24) is 4.98 Å². The van der Waals surface area contributed by atoms with Gasteiger partial charge in [0.15, 0.2) is 0 Å². The molecule has 0 fully saturated rings. The number of aromatic nitrogens is 1. The molecule has 1 aromatic carbocycles. The molecule has 0 unspecified atom stereocenters. The number of nitrogens with zero attached hydrogens (tertiary/aromatic N) is 1. The third kappa shape index (κ3) is 2.85. The third-order valence-corrected chi connectivity index (χ3v) is 3.63. The van der Waals surface area contributed by atoms with E-state index in [-0.39, 0.29) is 0 Å². The van der Waals surface area contributed by atoms with E-state index in [1.54, 1.807) is 23.9 Å². The van der Waals surface area contributed by atoms with E-state index in [1.165, 1.54) is 0 Å². The zero-order valence-corrected chi connectivity index (χ0v) is 11.4. The van der Waals surface area contributed by atoms with Crippen LogP contribution in [0.2, 0.25) is 0 Å². The average molecular weight is 270 g/mol. The third-order valence-electron chi connectivity index (χ3n) is 2.85. The predicted octanol–water partition coefficient (Wildman–Crippen LogP) is 4.32. The van der Waals surface area contributed by atoms with E-state index >= 15 is 0 Å². The smallest absolute Gasteiger partial charge is 0.0952 e. The van der Waals surface area contributed by atoms with Crippen molar-refractivity contribution in [2.75, 3.05) is 5.32 Å². The molecule has 0 aliphatic carbocycles. The van der Waals surface area contributed by atoms with Crippen LogP contribution in [0.5, 0.6) is 0 Å². The van der Waals surface area contributed by atoms with Gasteiger partial charge < -0.3 is 9.73 Å². The summed E-state index contributed by atoms with van der Waals surface area (Å²) in [4.78, 5) is 4.51. The lowest BCUT2D eigenvalue weighted by Crippen LogP contribution is -1.97. The summed E-state index contributed by atoms with van der Waals surface area (Å²) in [7, 11) is 0. The first-order chi connectivity index (χ1) is 9.31. The first-order valence-electron chi connectivity index (χ1n) is 6.09. The number of benzene rings is 1. The van der Waals surface area contributed by atoms with Crippen LogP contribution in [0.25, 0.3) is 11.3 Å². The Morgan fingerprint density at radius 3 is 3.00 bits per heavy atom. The SMILES string of the molecule is Cc1nc(-c2cccc(NCc3ccoc3)c2)cs1. The molecule has 0 saturated carbocycles. The zero-order valence-electron chi connectivity index (χ0n) is 10.6. The fraction of sp³-hybridized carbons (Fsp3) is 0.133. The molecule has 19 heavy (non-hydrogen) atoms. The maximum Gasteiger partial charge on any atom is 0.0952 e. The van der Waals surface area contributed by atoms with E-state index in [1.807, 2.05) is 19.1 Å². The average Bonchev–Trinajstić information content (AvgIpc) is 3.08. The van der Waals surface area contributed by atoms with Crippen molar-refractivity contribution in [3.05, 3.63) is 58.8 Å². The maximum atomic E-state index is 5.05. The number of furan rings is 1. The fourth-order valence-electron chi connectivity index (χ4n) is 1.88. The van der Waals surface area contributed by atoms with Crippen LogP contribution < -0.4 is 5.32 Å². The second kappa shape index (κ2) is 5.28. The Labute approximate surface area is 115 Å². The Bertz CT molecular complexity index is 658. The van der Waals surface area contributed by atoms with Gasteiger partial charge in [0.1, 0.15) is 0 Å². The lowest BCUT2D eigenvalue weighted by Gasteiger charge is -2.06. The van der Waals surface area contributed by atoms with Gasteiger partial charge in [-0.15, -0.1) is 11.3 Å². The van der Waals surface area contributed by atoms with E-state index in [4.69, 9.17) is 4.42 Å². The molecule has 0 atom stereocenters. The highest BCUT2D eigenvalue weighted by atomic mass is 32.1. The van der Waals surface area contributed by atoms with Crippen molar-refractivity contribution in [3.8, 4) is 11.3 Å². The molecule has 3 aromatic rings. The van der Waals surface area contributed by atoms with Crippen LogP contribution in [0.3, 0.4) is 0 Å². The molecule has 2 heterocycles. The summed E-state index contributed by atoms with van der Waals surface area (Å²) in [6, 6.07) is 10.3. The van der Waals surface area contributed by atoms with Crippen LogP contribution in [0.4, 0.5) is 5.69 Å². The molecule has 3 rings (SSSR count). The topological polar surface area (TPSA) is 38.1 Å². The Morgan fingerprint density at radius 1 is 1.32 bits per heavy atom. The molecule has 0 aliphatic rings. The van der Waals surface area contributed by atoms with Gasteiger partial charge >= 0.3 is 0 Å². The van der Waals surface area contributed by atoms with Gasteiger partial charge in [-0.05, 0) is 25.1 Å². The van der Waals surface area contributed by atoms with Gasteiger partial charge in [-0.2, -0.15) is 0 Å². The van der Waals surface area contributed by atoms with Crippen molar-refractivity contribution in [2.45, 2.75) is 13.5 Å². The summed E-state index contributed by atoms with van der Waals surface area (Å²) in [5.74, 6) is 0. The summed E-state index contributed by atoms with van der Waals surface area (Å²) in [5, 5.41) is 6.56. The van der Waals surface area contributed by atoms with Gasteiger partial charge in [0.2, 0.25) is 0 Å². The normalized spacial score (nSPS) is 10.6. The summed E-state index contributed by atoms with van der Waals surface area (Å²) in [6.45, 7) is 2.78. The highest BCUT2D eigenvalue weighted by Gasteiger charge is 2.03. The number of aryl methyl sites for hydroxylation is 1. The molecule has 96 valence electrons. The van der Waals surface area contributed by atoms with Crippen LogP contribution in [-0.4, -0.2) is 4.98 Å². The van der Waals surface area contributed by atoms with Gasteiger partial charge in [-0.3, -0.25) is 0 Å². The number of nitrogens with one attached hydrogen (secondary N) is 1. The number of anilines is 1. The molecule has 2 aromatic heterocycles. The molecule has 4 heteroatoms. The molecule has 0 saturated heterocycles. The minimum Gasteiger partial charge on any atom is -0.472 e. The molecule has 1 N–H and O–H groups in total. The van der Waals surface area contributed by atoms with Crippen LogP contribution >= 0.6 is 11.3 Å². The molecule has 0 radical (unpaired) electrons. The predicted molar refractivity (Wildman–Crippen MR) is 78.3 cm³/mol. The van der Waals surface area contributed by atoms with Crippen molar-refractivity contribution in [2.24, 2.45) is 0 Å². The van der Waals surface area contributed by atoms with Crippen molar-refractivity contribution in [1.29, 1.82) is 0 Å². The van der Waals surface area contributed by atoms with Crippen LogP contribution in [0.1, 0.15) is 10.6 Å². The summed E-state index contributed by atoms with van der Waals surface area (Å²) >= 11 is 1.67. The Morgan fingerprint density at radius 2 is 2.26 bits per heavy atom. The highest BCUT2D eigenvalue weighted by Crippen LogP contribution is 2.24. The minimum absolute atomic E-state index is 0.760. The van der Waals surface area contributed by atoms with Crippen molar-refractivity contribution < 1.29 is 4.42 Å². The van der Waals surface area contributed by atoms with Gasteiger partial charge in [0.05, 0.1) is 23.2 Å². The maximum absolute atomic E-state index is 5.05. The quantitative estimate of drug-likeness (QED) is 0.767. The van der Waals surface area contributed by atoms with Gasteiger partial charge in [-0.1, -0.05) is 12.1 Å². The largest absolute Gasteiger partial charge is 0.472 e. The van der Waals surface area contributed by atoms with Gasteiger partial charge in [0.25, 0.3) is 0 Å². The Kier molecular flexibility index (Phi) is 3.33. The van der Waals surface area contributed by atoms with E-state index in [0.29, 0.717) is 0 Å². The summed E-state index contributed by atoms with van der Waals surface area (Å²) in [5.41, 5.74) is 4.40. The van der Waals surface area contributed by atoms with E-state index in [9.17, 15) is 0 Å². The molecule has 0 bridgehead atoms. The van der Waals surface area contributed by atoms with Gasteiger partial charge in [-0.25, -0.2) is 4.98 Å². The van der Waals surface area contributed by atoms with Crippen molar-refractivity contribution >= 4 is 17.0 Å². The molecule has 0 aliphatic heterocycles. The monoisotopic (exact) mass is 270 g/mol. The summed E-state index contributed by atoms with van der Waals surface area (Å²) in [6.07, 6.45) is 3.44. The molecule has 3 nitrogen and oxygen atoms in total. The molecular formula is C15H14N2OS. The first kappa shape index (κ1) is 12.0. The van der Waals surface area contributed by atoms with Crippen LogP contribution in [-0.2, 0) is 6.54 Å². The second-order valence-electron chi connectivity index (χ2n) is 4.32. The van der Waals surface area contributed by atoms with Gasteiger partial charge in [0, 0.05) is 28.7 Å². The van der Waals surface area contributed by atoms with Crippen LogP contribution in [0, 0.1) is 6.92 Å². The number of hydrogen-bond donors (Lipinski definition) is 1. The van der Waals surface area contributed by atoms with Crippen LogP contribution in [0.15, 0.2) is 52.7 Å². The molecular weight excluding hydrogens is 256 g/mol. The summed E-state index contributed by atoms with van der Waals surface area (Å²) < 4.78 is 5.05. The van der Waals surface area contributed by atoms with Crippen molar-refractivity contribution in [3.63, 3.8) is 0 Å². The fourth-order valence-corrected chi connectivity index (χ4v) is 2.50. The van der Waals surface area contributed by atoms with E-state index in [0.717, 1.165) is 34.1 Å². The lowest BCUT2D eigenvalue weighted by molar-refractivity contribution is 0.564. The molecule has 0 spiro atoms. The zero-order chi connectivity index (χ0) is 13.1. The lowest BCUT2D eigenvalue weighted by atomic mass is 10.1. The molecule has 0 amide bonds. The Hall–Kier alpha value is -2.07. The second-order valence-corrected chi connectivity index (χ2v) is 5.38. The minimum atomic E-state index is 0.760. The van der Waals surface area contributed by atoms with E-state index in [2.05, 4.69) is 33.9 Å².